The Labute approximate surface area is 120 Å². The zero-order valence-corrected chi connectivity index (χ0v) is 12.4. The van der Waals surface area contributed by atoms with Crippen LogP contribution in [0.4, 0.5) is 0 Å². The van der Waals surface area contributed by atoms with Crippen LogP contribution in [0.1, 0.15) is 35.1 Å². The summed E-state index contributed by atoms with van der Waals surface area (Å²) in [5, 5.41) is 6.91. The molecule has 0 amide bonds. The molecule has 0 spiro atoms. The molecule has 4 heteroatoms. The fraction of sp³-hybridized carbons (Fsp3) is 0.357. The topological polar surface area (TPSA) is 24.9 Å². The Morgan fingerprint density at radius 1 is 1.44 bits per heavy atom. The summed E-state index contributed by atoms with van der Waals surface area (Å²) in [6.45, 7) is 1.13. The van der Waals surface area contributed by atoms with E-state index in [4.69, 9.17) is 4.98 Å². The number of nitrogens with zero attached hydrogens (tertiary/aromatic N) is 1. The average Bonchev–Trinajstić information content (AvgIpc) is 2.98. The molecule has 0 bridgehead atoms. The summed E-state index contributed by atoms with van der Waals surface area (Å²) < 4.78 is 1.13. The normalized spacial score (nSPS) is 19.3. The molecule has 3 rings (SSSR count). The molecule has 2 aromatic rings. The second-order valence-corrected chi connectivity index (χ2v) is 6.48. The monoisotopic (exact) mass is 322 g/mol. The van der Waals surface area contributed by atoms with Crippen LogP contribution in [0.25, 0.3) is 0 Å². The number of aromatic nitrogens is 1. The van der Waals surface area contributed by atoms with E-state index in [1.807, 2.05) is 0 Å². The molecule has 1 aromatic carbocycles. The van der Waals surface area contributed by atoms with E-state index in [-0.39, 0.29) is 0 Å². The van der Waals surface area contributed by atoms with Crippen LogP contribution in [-0.4, -0.2) is 11.5 Å². The third-order valence-electron chi connectivity index (χ3n) is 3.23. The van der Waals surface area contributed by atoms with Gasteiger partial charge in [-0.15, -0.1) is 11.3 Å². The molecule has 0 radical (unpaired) electrons. The standard InChI is InChI=1S/C14H15BrN2S/c15-11-4-1-3-10(7-11)8-14-17-13(9-18-14)12-5-2-6-16-12/h1,3-4,7,9,12,16H,2,5-6,8H2/t12-/m0/s1. The number of hydrogen-bond donors (Lipinski definition) is 1. The molecule has 2 nitrogen and oxygen atoms in total. The van der Waals surface area contributed by atoms with Crippen molar-refractivity contribution in [3.05, 3.63) is 50.4 Å². The summed E-state index contributed by atoms with van der Waals surface area (Å²) in [6.07, 6.45) is 3.42. The van der Waals surface area contributed by atoms with E-state index in [2.05, 4.69) is 50.9 Å². The maximum absolute atomic E-state index is 4.76. The fourth-order valence-corrected chi connectivity index (χ4v) is 3.65. The highest BCUT2D eigenvalue weighted by Gasteiger charge is 2.18. The average molecular weight is 323 g/mol. The molecule has 1 N–H and O–H groups in total. The molecule has 1 aromatic heterocycles. The van der Waals surface area contributed by atoms with Crippen molar-refractivity contribution in [2.45, 2.75) is 25.3 Å². The first kappa shape index (κ1) is 12.3. The summed E-state index contributed by atoms with van der Waals surface area (Å²) in [5.74, 6) is 0. The third kappa shape index (κ3) is 2.82. The Kier molecular flexibility index (Phi) is 3.77. The van der Waals surface area contributed by atoms with Crippen molar-refractivity contribution in [2.75, 3.05) is 6.54 Å². The van der Waals surface area contributed by atoms with Crippen molar-refractivity contribution < 1.29 is 0 Å². The zero-order valence-electron chi connectivity index (χ0n) is 10.0. The van der Waals surface area contributed by atoms with Gasteiger partial charge in [-0.25, -0.2) is 4.98 Å². The summed E-state index contributed by atoms with van der Waals surface area (Å²) in [7, 11) is 0. The Morgan fingerprint density at radius 3 is 3.17 bits per heavy atom. The van der Waals surface area contributed by atoms with Gasteiger partial charge in [0.1, 0.15) is 0 Å². The summed E-state index contributed by atoms with van der Waals surface area (Å²) in [5.41, 5.74) is 2.53. The highest BCUT2D eigenvalue weighted by Crippen LogP contribution is 2.25. The SMILES string of the molecule is Brc1cccc(Cc2nc([C@@H]3CCCN3)cs2)c1. The predicted octanol–water partition coefficient (Wildman–Crippen LogP) is 3.92. The Bertz CT molecular complexity index is 532. The molecule has 18 heavy (non-hydrogen) atoms. The minimum atomic E-state index is 0.484. The molecular weight excluding hydrogens is 308 g/mol. The van der Waals surface area contributed by atoms with Crippen LogP contribution in [0, 0.1) is 0 Å². The number of thiazole rings is 1. The van der Waals surface area contributed by atoms with Gasteiger partial charge in [-0.3, -0.25) is 0 Å². The molecule has 1 aliphatic heterocycles. The van der Waals surface area contributed by atoms with Gasteiger partial charge in [0.05, 0.1) is 16.7 Å². The second-order valence-electron chi connectivity index (χ2n) is 4.62. The first-order valence-electron chi connectivity index (χ1n) is 6.23. The van der Waals surface area contributed by atoms with Gasteiger partial charge in [-0.05, 0) is 37.1 Å². The predicted molar refractivity (Wildman–Crippen MR) is 79.0 cm³/mol. The second kappa shape index (κ2) is 5.51. The number of hydrogen-bond acceptors (Lipinski definition) is 3. The van der Waals surface area contributed by atoms with E-state index >= 15 is 0 Å². The van der Waals surface area contributed by atoms with Crippen LogP contribution in [-0.2, 0) is 6.42 Å². The molecule has 0 unspecified atom stereocenters. The third-order valence-corrected chi connectivity index (χ3v) is 4.59. The van der Waals surface area contributed by atoms with Gasteiger partial charge in [0.25, 0.3) is 0 Å². The summed E-state index contributed by atoms with van der Waals surface area (Å²) in [4.78, 5) is 4.76. The first-order chi connectivity index (χ1) is 8.81. The van der Waals surface area contributed by atoms with Crippen molar-refractivity contribution in [3.8, 4) is 0 Å². The van der Waals surface area contributed by atoms with Crippen LogP contribution < -0.4 is 5.32 Å². The van der Waals surface area contributed by atoms with Gasteiger partial charge in [-0.2, -0.15) is 0 Å². The van der Waals surface area contributed by atoms with E-state index in [9.17, 15) is 0 Å². The number of rotatable bonds is 3. The Balaban J connectivity index is 1.73. The Hall–Kier alpha value is -0.710. The van der Waals surface area contributed by atoms with E-state index in [0.29, 0.717) is 6.04 Å². The van der Waals surface area contributed by atoms with E-state index in [1.54, 1.807) is 11.3 Å². The molecule has 1 fully saturated rings. The van der Waals surface area contributed by atoms with Gasteiger partial charge in [0.15, 0.2) is 0 Å². The highest BCUT2D eigenvalue weighted by molar-refractivity contribution is 9.10. The quantitative estimate of drug-likeness (QED) is 0.926. The van der Waals surface area contributed by atoms with Crippen LogP contribution >= 0.6 is 27.3 Å². The molecule has 94 valence electrons. The van der Waals surface area contributed by atoms with Crippen LogP contribution in [0.15, 0.2) is 34.1 Å². The van der Waals surface area contributed by atoms with Crippen LogP contribution in [0.5, 0.6) is 0 Å². The van der Waals surface area contributed by atoms with E-state index < -0.39 is 0 Å². The molecular formula is C14H15BrN2S. The van der Waals surface area contributed by atoms with Crippen molar-refractivity contribution >= 4 is 27.3 Å². The van der Waals surface area contributed by atoms with Crippen molar-refractivity contribution in [3.63, 3.8) is 0 Å². The van der Waals surface area contributed by atoms with Gasteiger partial charge >= 0.3 is 0 Å². The van der Waals surface area contributed by atoms with Gasteiger partial charge < -0.3 is 5.32 Å². The number of benzene rings is 1. The van der Waals surface area contributed by atoms with Gasteiger partial charge in [0, 0.05) is 16.3 Å². The molecule has 0 aliphatic carbocycles. The van der Waals surface area contributed by atoms with Crippen molar-refractivity contribution in [1.82, 2.24) is 10.3 Å². The van der Waals surface area contributed by atoms with E-state index in [0.717, 1.165) is 17.4 Å². The molecule has 1 aliphatic rings. The zero-order chi connectivity index (χ0) is 12.4. The van der Waals surface area contributed by atoms with Gasteiger partial charge in [-0.1, -0.05) is 28.1 Å². The summed E-state index contributed by atoms with van der Waals surface area (Å²) in [6, 6.07) is 8.93. The first-order valence-corrected chi connectivity index (χ1v) is 7.90. The summed E-state index contributed by atoms with van der Waals surface area (Å²) >= 11 is 5.28. The van der Waals surface area contributed by atoms with Crippen molar-refractivity contribution in [1.29, 1.82) is 0 Å². The number of halogens is 1. The molecule has 2 heterocycles. The molecule has 1 atom stereocenters. The molecule has 0 saturated carbocycles. The number of nitrogens with one attached hydrogen (secondary N) is 1. The van der Waals surface area contributed by atoms with E-state index in [1.165, 1.54) is 29.1 Å². The lowest BCUT2D eigenvalue weighted by Gasteiger charge is -2.05. The highest BCUT2D eigenvalue weighted by atomic mass is 79.9. The lowest BCUT2D eigenvalue weighted by atomic mass is 10.1. The maximum atomic E-state index is 4.76. The Morgan fingerprint density at radius 2 is 2.39 bits per heavy atom. The van der Waals surface area contributed by atoms with Crippen LogP contribution in [0.2, 0.25) is 0 Å². The smallest absolute Gasteiger partial charge is 0.0972 e. The maximum Gasteiger partial charge on any atom is 0.0972 e. The van der Waals surface area contributed by atoms with Crippen LogP contribution in [0.3, 0.4) is 0 Å². The van der Waals surface area contributed by atoms with Gasteiger partial charge in [0.2, 0.25) is 0 Å². The largest absolute Gasteiger partial charge is 0.309 e. The lowest BCUT2D eigenvalue weighted by molar-refractivity contribution is 0.630. The van der Waals surface area contributed by atoms with Crippen molar-refractivity contribution in [2.24, 2.45) is 0 Å². The minimum absolute atomic E-state index is 0.484. The lowest BCUT2D eigenvalue weighted by Crippen LogP contribution is -2.13. The molecule has 1 saturated heterocycles. The minimum Gasteiger partial charge on any atom is -0.309 e. The fourth-order valence-electron chi connectivity index (χ4n) is 2.32.